The summed E-state index contributed by atoms with van der Waals surface area (Å²) in [6, 6.07) is 84.3. The van der Waals surface area contributed by atoms with Crippen LogP contribution >= 0.6 is 22.7 Å². The van der Waals surface area contributed by atoms with Crippen molar-refractivity contribution in [3.63, 3.8) is 0 Å². The van der Waals surface area contributed by atoms with Gasteiger partial charge in [-0.25, -0.2) is 0 Å². The molecule has 0 saturated heterocycles. The van der Waals surface area contributed by atoms with Gasteiger partial charge < -0.3 is 9.80 Å². The smallest absolute Gasteiger partial charge is 0.0640 e. The van der Waals surface area contributed by atoms with Gasteiger partial charge in [0.2, 0.25) is 0 Å². The Balaban J connectivity index is 1.00. The molecule has 2 aromatic heterocycles. The number of para-hydroxylation sites is 2. The quantitative estimate of drug-likeness (QED) is 0.143. The number of fused-ring (bicyclic) bond motifs is 6. The van der Waals surface area contributed by atoms with Crippen molar-refractivity contribution in [2.75, 3.05) is 9.80 Å². The molecule has 0 atom stereocenters. The summed E-state index contributed by atoms with van der Waals surface area (Å²) >= 11 is 3.74. The number of hydrogen-bond acceptors (Lipinski definition) is 4. The van der Waals surface area contributed by atoms with Crippen LogP contribution in [0.15, 0.2) is 231 Å². The lowest BCUT2D eigenvalue weighted by atomic mass is 9.97. The van der Waals surface area contributed by atoms with E-state index < -0.39 is 0 Å². The Kier molecular flexibility index (Phi) is 10.0. The van der Waals surface area contributed by atoms with Gasteiger partial charge in [-0.15, -0.1) is 22.7 Å². The standard InChI is InChI=1S/C62H44N2S2/c1-41-39-45(35-37-53(41)63(55-29-13-9-23-47(55)43-19-5-3-6-20-43)57-31-17-27-51-49-25-11-15-33-59(49)65-61(51)57)46-36-38-54(42(2)40-46)64(56-30-14-10-24-48(56)44-21-7-4-8-22-44)58-32-18-28-52-50-26-12-16-34-60(50)66-62(52)58/h3-40H,1-2H3. The van der Waals surface area contributed by atoms with E-state index in [1.165, 1.54) is 96.2 Å². The predicted octanol–water partition coefficient (Wildman–Crippen LogP) is 19.0. The first-order valence-corrected chi connectivity index (χ1v) is 24.1. The van der Waals surface area contributed by atoms with Gasteiger partial charge in [0.15, 0.2) is 0 Å². The first-order valence-electron chi connectivity index (χ1n) is 22.5. The van der Waals surface area contributed by atoms with Crippen molar-refractivity contribution in [3.8, 4) is 33.4 Å². The normalized spacial score (nSPS) is 11.5. The van der Waals surface area contributed by atoms with E-state index in [1.54, 1.807) is 0 Å². The van der Waals surface area contributed by atoms with Gasteiger partial charge >= 0.3 is 0 Å². The zero-order valence-corrected chi connectivity index (χ0v) is 38.3. The maximum atomic E-state index is 2.49. The topological polar surface area (TPSA) is 6.48 Å². The summed E-state index contributed by atoms with van der Waals surface area (Å²) in [5.74, 6) is 0. The lowest BCUT2D eigenvalue weighted by Gasteiger charge is -2.30. The molecular weight excluding hydrogens is 837 g/mol. The van der Waals surface area contributed by atoms with Crippen molar-refractivity contribution in [2.24, 2.45) is 0 Å². The van der Waals surface area contributed by atoms with Crippen LogP contribution in [0.1, 0.15) is 11.1 Å². The maximum Gasteiger partial charge on any atom is 0.0640 e. The van der Waals surface area contributed by atoms with E-state index in [2.05, 4.69) is 254 Å². The van der Waals surface area contributed by atoms with Gasteiger partial charge in [-0.05, 0) is 108 Å². The fraction of sp³-hybridized carbons (Fsp3) is 0.0323. The van der Waals surface area contributed by atoms with Crippen LogP contribution in [0.4, 0.5) is 34.1 Å². The molecule has 0 fully saturated rings. The van der Waals surface area contributed by atoms with Gasteiger partial charge in [0.05, 0.1) is 32.1 Å². The average Bonchev–Trinajstić information content (AvgIpc) is 3.96. The number of rotatable bonds is 9. The molecule has 2 heterocycles. The van der Waals surface area contributed by atoms with Gasteiger partial charge in [0.25, 0.3) is 0 Å². The monoisotopic (exact) mass is 880 g/mol. The van der Waals surface area contributed by atoms with Crippen LogP contribution in [0.2, 0.25) is 0 Å². The minimum Gasteiger partial charge on any atom is -0.308 e. The summed E-state index contributed by atoms with van der Waals surface area (Å²) in [4.78, 5) is 4.98. The molecule has 0 radical (unpaired) electrons. The summed E-state index contributed by atoms with van der Waals surface area (Å²) in [6.07, 6.45) is 0. The summed E-state index contributed by atoms with van der Waals surface area (Å²) in [5, 5.41) is 5.15. The highest BCUT2D eigenvalue weighted by atomic mass is 32.1. The molecule has 0 N–H and O–H groups in total. The van der Waals surface area contributed by atoms with Crippen molar-refractivity contribution >= 4 is 97.1 Å². The average molecular weight is 881 g/mol. The van der Waals surface area contributed by atoms with Crippen molar-refractivity contribution in [2.45, 2.75) is 13.8 Å². The Labute approximate surface area is 393 Å². The Morgan fingerprint density at radius 2 is 0.636 bits per heavy atom. The van der Waals surface area contributed by atoms with E-state index >= 15 is 0 Å². The fourth-order valence-electron chi connectivity index (χ4n) is 9.83. The second-order valence-corrected chi connectivity index (χ2v) is 19.0. The molecule has 0 aliphatic rings. The van der Waals surface area contributed by atoms with Crippen molar-refractivity contribution in [1.82, 2.24) is 0 Å². The van der Waals surface area contributed by atoms with E-state index in [0.717, 1.165) is 22.7 Å². The van der Waals surface area contributed by atoms with E-state index in [1.807, 2.05) is 22.7 Å². The summed E-state index contributed by atoms with van der Waals surface area (Å²) in [5.41, 5.74) is 16.5. The van der Waals surface area contributed by atoms with Gasteiger partial charge in [-0.3, -0.25) is 0 Å². The molecule has 0 bridgehead atoms. The molecule has 4 heteroatoms. The number of aryl methyl sites for hydroxylation is 2. The highest BCUT2D eigenvalue weighted by Gasteiger charge is 2.25. The molecule has 12 rings (SSSR count). The molecule has 0 spiro atoms. The van der Waals surface area contributed by atoms with Crippen LogP contribution in [0, 0.1) is 13.8 Å². The van der Waals surface area contributed by atoms with E-state index in [0.29, 0.717) is 0 Å². The number of thiophene rings is 2. The third-order valence-electron chi connectivity index (χ3n) is 12.9. The molecule has 12 aromatic rings. The zero-order chi connectivity index (χ0) is 44.1. The first kappa shape index (κ1) is 39.8. The van der Waals surface area contributed by atoms with Crippen molar-refractivity contribution in [1.29, 1.82) is 0 Å². The lowest BCUT2D eigenvalue weighted by molar-refractivity contribution is 1.26. The third-order valence-corrected chi connectivity index (χ3v) is 15.3. The Bertz CT molecular complexity index is 3500. The van der Waals surface area contributed by atoms with Crippen LogP contribution in [0.5, 0.6) is 0 Å². The largest absolute Gasteiger partial charge is 0.308 e. The maximum absolute atomic E-state index is 2.49. The van der Waals surface area contributed by atoms with Gasteiger partial charge in [0, 0.05) is 53.4 Å². The zero-order valence-electron chi connectivity index (χ0n) is 36.7. The van der Waals surface area contributed by atoms with Crippen molar-refractivity contribution in [3.05, 3.63) is 242 Å². The highest BCUT2D eigenvalue weighted by Crippen LogP contribution is 2.50. The minimum atomic E-state index is 1.15. The van der Waals surface area contributed by atoms with E-state index in [9.17, 15) is 0 Å². The third kappa shape index (κ3) is 6.85. The van der Waals surface area contributed by atoms with Crippen LogP contribution in [-0.4, -0.2) is 0 Å². The fourth-order valence-corrected chi connectivity index (χ4v) is 12.2. The van der Waals surface area contributed by atoms with Crippen LogP contribution in [-0.2, 0) is 0 Å². The summed E-state index contributed by atoms with van der Waals surface area (Å²) in [7, 11) is 0. The number of hydrogen-bond donors (Lipinski definition) is 0. The van der Waals surface area contributed by atoms with Gasteiger partial charge in [0.1, 0.15) is 0 Å². The lowest BCUT2D eigenvalue weighted by Crippen LogP contribution is -2.13. The molecule has 0 unspecified atom stereocenters. The summed E-state index contributed by atoms with van der Waals surface area (Å²) in [6.45, 7) is 4.52. The second-order valence-electron chi connectivity index (χ2n) is 16.9. The Morgan fingerprint density at radius 3 is 1.08 bits per heavy atom. The van der Waals surface area contributed by atoms with Gasteiger partial charge in [-0.1, -0.05) is 170 Å². The Morgan fingerprint density at radius 1 is 0.273 bits per heavy atom. The number of nitrogens with zero attached hydrogens (tertiary/aromatic N) is 2. The molecule has 2 nitrogen and oxygen atoms in total. The predicted molar refractivity (Wildman–Crippen MR) is 287 cm³/mol. The highest BCUT2D eigenvalue weighted by molar-refractivity contribution is 7.26. The molecular formula is C62H44N2S2. The minimum absolute atomic E-state index is 1.15. The molecule has 0 amide bonds. The van der Waals surface area contributed by atoms with Crippen molar-refractivity contribution < 1.29 is 0 Å². The van der Waals surface area contributed by atoms with Crippen LogP contribution < -0.4 is 9.80 Å². The molecule has 66 heavy (non-hydrogen) atoms. The Hall–Kier alpha value is -7.76. The molecule has 0 saturated carbocycles. The van der Waals surface area contributed by atoms with E-state index in [4.69, 9.17) is 0 Å². The first-order chi connectivity index (χ1) is 32.6. The molecule has 10 aromatic carbocycles. The van der Waals surface area contributed by atoms with Gasteiger partial charge in [-0.2, -0.15) is 0 Å². The molecule has 0 aliphatic carbocycles. The SMILES string of the molecule is Cc1cc(-c2ccc(N(c3ccccc3-c3ccccc3)c3cccc4c3sc3ccccc34)c(C)c2)ccc1N(c1ccccc1-c1ccccc1)c1cccc2c1sc1ccccc12. The second kappa shape index (κ2) is 16.7. The van der Waals surface area contributed by atoms with Crippen LogP contribution in [0.25, 0.3) is 73.7 Å². The molecule has 0 aliphatic heterocycles. The summed E-state index contributed by atoms with van der Waals surface area (Å²) < 4.78 is 5.15. The van der Waals surface area contributed by atoms with Crippen LogP contribution in [0.3, 0.4) is 0 Å². The number of anilines is 6. The number of benzene rings is 10. The molecule has 314 valence electrons. The van der Waals surface area contributed by atoms with E-state index in [-0.39, 0.29) is 0 Å².